The Morgan fingerprint density at radius 2 is 2.20 bits per heavy atom. The molecule has 0 saturated carbocycles. The molecule has 2 aliphatic rings. The van der Waals surface area contributed by atoms with E-state index < -0.39 is 0 Å². The Balaban J connectivity index is 1.56. The molecule has 2 aromatic rings. The number of ether oxygens (including phenoxy) is 2. The summed E-state index contributed by atoms with van der Waals surface area (Å²) in [4.78, 5) is 19.6. The number of amides is 1. The fourth-order valence-electron chi connectivity index (χ4n) is 3.69. The molecule has 1 fully saturated rings. The summed E-state index contributed by atoms with van der Waals surface area (Å²) in [5.41, 5.74) is 1.05. The van der Waals surface area contributed by atoms with Crippen molar-refractivity contribution in [1.82, 2.24) is 14.5 Å². The number of aryl methyl sites for hydroxylation is 1. The van der Waals surface area contributed by atoms with Crippen LogP contribution in [0.5, 0.6) is 5.75 Å². The highest BCUT2D eigenvalue weighted by molar-refractivity contribution is 5.80. The van der Waals surface area contributed by atoms with Gasteiger partial charge in [-0.05, 0) is 19.4 Å². The van der Waals surface area contributed by atoms with Crippen LogP contribution in [0.1, 0.15) is 30.8 Å². The second-order valence-electron chi connectivity index (χ2n) is 6.47. The smallest absolute Gasteiger partial charge is 0.229 e. The Bertz CT molecular complexity index is 758. The fraction of sp³-hybridized carbons (Fsp3) is 0.474. The van der Waals surface area contributed by atoms with Crippen molar-refractivity contribution in [3.05, 3.63) is 48.0 Å². The molecule has 0 spiro atoms. The largest absolute Gasteiger partial charge is 0.491 e. The normalized spacial score (nSPS) is 23.0. The Labute approximate surface area is 147 Å². The molecule has 0 bridgehead atoms. The fourth-order valence-corrected chi connectivity index (χ4v) is 3.69. The molecule has 6 heteroatoms. The maximum absolute atomic E-state index is 13.2. The molecule has 0 radical (unpaired) electrons. The molecule has 4 rings (SSSR count). The first kappa shape index (κ1) is 16.1. The minimum absolute atomic E-state index is 0.133. The highest BCUT2D eigenvalue weighted by Gasteiger charge is 2.40. The average Bonchev–Trinajstić information content (AvgIpc) is 3.24. The van der Waals surface area contributed by atoms with Crippen molar-refractivity contribution in [3.8, 4) is 5.75 Å². The molecule has 2 aliphatic heterocycles. The molecule has 0 N–H and O–H groups in total. The van der Waals surface area contributed by atoms with Crippen LogP contribution < -0.4 is 4.74 Å². The van der Waals surface area contributed by atoms with Gasteiger partial charge in [0, 0.05) is 37.7 Å². The zero-order valence-electron chi connectivity index (χ0n) is 14.4. The van der Waals surface area contributed by atoms with Gasteiger partial charge >= 0.3 is 0 Å². The van der Waals surface area contributed by atoms with E-state index in [-0.39, 0.29) is 17.9 Å². The molecular weight excluding hydrogens is 318 g/mol. The van der Waals surface area contributed by atoms with Crippen LogP contribution in [-0.2, 0) is 22.6 Å². The van der Waals surface area contributed by atoms with E-state index in [4.69, 9.17) is 9.47 Å². The van der Waals surface area contributed by atoms with Crippen molar-refractivity contribution in [3.63, 3.8) is 0 Å². The summed E-state index contributed by atoms with van der Waals surface area (Å²) in [6.45, 7) is 5.18. The first-order valence-corrected chi connectivity index (χ1v) is 8.90. The van der Waals surface area contributed by atoms with Crippen molar-refractivity contribution in [2.75, 3.05) is 19.8 Å². The summed E-state index contributed by atoms with van der Waals surface area (Å²) < 4.78 is 13.7. The Morgan fingerprint density at radius 3 is 3.08 bits per heavy atom. The molecule has 0 unspecified atom stereocenters. The summed E-state index contributed by atoms with van der Waals surface area (Å²) in [6, 6.07) is 7.92. The van der Waals surface area contributed by atoms with Gasteiger partial charge in [0.25, 0.3) is 0 Å². The number of para-hydroxylation sites is 1. The summed E-state index contributed by atoms with van der Waals surface area (Å²) >= 11 is 0. The van der Waals surface area contributed by atoms with Crippen LogP contribution in [0.15, 0.2) is 36.7 Å². The van der Waals surface area contributed by atoms with Gasteiger partial charge < -0.3 is 18.9 Å². The zero-order valence-corrected chi connectivity index (χ0v) is 14.4. The number of benzene rings is 1. The number of aromatic nitrogens is 2. The number of rotatable bonds is 3. The van der Waals surface area contributed by atoms with Crippen LogP contribution in [0.2, 0.25) is 0 Å². The van der Waals surface area contributed by atoms with Crippen LogP contribution in [0.25, 0.3) is 0 Å². The van der Waals surface area contributed by atoms with Gasteiger partial charge in [-0.2, -0.15) is 0 Å². The van der Waals surface area contributed by atoms with E-state index >= 15 is 0 Å². The van der Waals surface area contributed by atoms with E-state index in [2.05, 4.69) is 16.5 Å². The molecule has 25 heavy (non-hydrogen) atoms. The average molecular weight is 341 g/mol. The standard InChI is InChI=1S/C19H23N3O3/c1-2-21-9-8-20-18(21)17-15(7-11-25-17)19(23)22-10-12-24-16-6-4-3-5-14(16)13-22/h3-6,8-9,15,17H,2,7,10-13H2,1H3/t15-,17-/m1/s1. The quantitative estimate of drug-likeness (QED) is 0.860. The van der Waals surface area contributed by atoms with E-state index in [1.54, 1.807) is 6.20 Å². The summed E-state index contributed by atoms with van der Waals surface area (Å²) in [7, 11) is 0. The lowest BCUT2D eigenvalue weighted by molar-refractivity contribution is -0.138. The molecule has 132 valence electrons. The van der Waals surface area contributed by atoms with Crippen LogP contribution in [0.3, 0.4) is 0 Å². The second kappa shape index (κ2) is 6.88. The van der Waals surface area contributed by atoms with E-state index in [1.807, 2.05) is 35.4 Å². The maximum atomic E-state index is 13.2. The number of hydrogen-bond donors (Lipinski definition) is 0. The van der Waals surface area contributed by atoms with Gasteiger partial charge in [0.05, 0.1) is 12.5 Å². The van der Waals surface area contributed by atoms with Crippen LogP contribution in [-0.4, -0.2) is 40.1 Å². The topological polar surface area (TPSA) is 56.6 Å². The third-order valence-electron chi connectivity index (χ3n) is 5.02. The number of imidazole rings is 1. The van der Waals surface area contributed by atoms with Gasteiger partial charge in [0.1, 0.15) is 24.3 Å². The highest BCUT2D eigenvalue weighted by Crippen LogP contribution is 2.36. The number of fused-ring (bicyclic) bond motifs is 1. The van der Waals surface area contributed by atoms with Crippen molar-refractivity contribution in [2.24, 2.45) is 5.92 Å². The van der Waals surface area contributed by atoms with Crippen molar-refractivity contribution in [1.29, 1.82) is 0 Å². The van der Waals surface area contributed by atoms with Crippen molar-refractivity contribution in [2.45, 2.75) is 32.5 Å². The van der Waals surface area contributed by atoms with Gasteiger partial charge in [-0.25, -0.2) is 4.98 Å². The molecule has 6 nitrogen and oxygen atoms in total. The monoisotopic (exact) mass is 341 g/mol. The van der Waals surface area contributed by atoms with E-state index in [9.17, 15) is 4.79 Å². The molecule has 3 heterocycles. The zero-order chi connectivity index (χ0) is 17.2. The van der Waals surface area contributed by atoms with Gasteiger partial charge in [0.2, 0.25) is 5.91 Å². The number of carbonyl (C=O) groups is 1. The minimum atomic E-state index is -0.262. The molecule has 0 aliphatic carbocycles. The van der Waals surface area contributed by atoms with Gasteiger partial charge in [-0.1, -0.05) is 18.2 Å². The molecule has 1 amide bonds. The third kappa shape index (κ3) is 3.02. The Morgan fingerprint density at radius 1 is 1.32 bits per heavy atom. The summed E-state index contributed by atoms with van der Waals surface area (Å²) in [5.74, 6) is 1.68. The summed E-state index contributed by atoms with van der Waals surface area (Å²) in [6.07, 6.45) is 4.19. The lowest BCUT2D eigenvalue weighted by Crippen LogP contribution is -2.38. The predicted octanol–water partition coefficient (Wildman–Crippen LogP) is 2.40. The number of carbonyl (C=O) groups excluding carboxylic acids is 1. The van der Waals surface area contributed by atoms with E-state index in [0.717, 1.165) is 30.1 Å². The summed E-state index contributed by atoms with van der Waals surface area (Å²) in [5, 5.41) is 0. The Hall–Kier alpha value is -2.34. The first-order valence-electron chi connectivity index (χ1n) is 8.90. The van der Waals surface area contributed by atoms with Gasteiger partial charge in [-0.3, -0.25) is 4.79 Å². The van der Waals surface area contributed by atoms with Gasteiger partial charge in [0.15, 0.2) is 0 Å². The lowest BCUT2D eigenvalue weighted by Gasteiger charge is -2.26. The lowest BCUT2D eigenvalue weighted by atomic mass is 9.98. The van der Waals surface area contributed by atoms with Crippen LogP contribution in [0, 0.1) is 5.92 Å². The molecular formula is C19H23N3O3. The van der Waals surface area contributed by atoms with Gasteiger partial charge in [-0.15, -0.1) is 0 Å². The number of hydrogen-bond acceptors (Lipinski definition) is 4. The predicted molar refractivity (Wildman–Crippen MR) is 92.1 cm³/mol. The van der Waals surface area contributed by atoms with Crippen LogP contribution >= 0.6 is 0 Å². The Kier molecular flexibility index (Phi) is 4.44. The molecule has 1 aromatic heterocycles. The van der Waals surface area contributed by atoms with Crippen molar-refractivity contribution < 1.29 is 14.3 Å². The van der Waals surface area contributed by atoms with Crippen molar-refractivity contribution >= 4 is 5.91 Å². The molecule has 2 atom stereocenters. The second-order valence-corrected chi connectivity index (χ2v) is 6.47. The molecule has 1 saturated heterocycles. The highest BCUT2D eigenvalue weighted by atomic mass is 16.5. The van der Waals surface area contributed by atoms with E-state index in [0.29, 0.717) is 26.3 Å². The minimum Gasteiger partial charge on any atom is -0.491 e. The molecule has 1 aromatic carbocycles. The van der Waals surface area contributed by atoms with E-state index in [1.165, 1.54) is 0 Å². The SMILES string of the molecule is CCn1ccnc1[C@@H]1OCC[C@H]1C(=O)N1CCOc2ccccc2C1. The van der Waals surface area contributed by atoms with Crippen LogP contribution in [0.4, 0.5) is 0 Å². The maximum Gasteiger partial charge on any atom is 0.229 e. The number of nitrogens with zero attached hydrogens (tertiary/aromatic N) is 3. The third-order valence-corrected chi connectivity index (χ3v) is 5.02. The first-order chi connectivity index (χ1) is 12.3.